The minimum Gasteiger partial charge on any atom is -0.352 e. The van der Waals surface area contributed by atoms with E-state index >= 15 is 0 Å². The quantitative estimate of drug-likeness (QED) is 0.722. The molecule has 1 amide bonds. The highest BCUT2D eigenvalue weighted by Crippen LogP contribution is 2.17. The molecule has 0 saturated carbocycles. The number of halogens is 1. The van der Waals surface area contributed by atoms with Gasteiger partial charge in [0.15, 0.2) is 0 Å². The van der Waals surface area contributed by atoms with Gasteiger partial charge < -0.3 is 5.32 Å². The summed E-state index contributed by atoms with van der Waals surface area (Å²) in [7, 11) is 0. The number of nitrogens with zero attached hydrogens (tertiary/aromatic N) is 4. The Balaban J connectivity index is 1.61. The number of carbonyl (C=O) groups excluding carboxylic acids is 1. The van der Waals surface area contributed by atoms with Crippen LogP contribution >= 0.6 is 11.6 Å². The molecule has 2 aromatic heterocycles. The molecule has 0 atom stereocenters. The topological polar surface area (TPSA) is 64.7 Å². The van der Waals surface area contributed by atoms with Crippen molar-refractivity contribution in [2.45, 2.75) is 40.3 Å². The van der Waals surface area contributed by atoms with Gasteiger partial charge in [0.05, 0.1) is 22.1 Å². The third-order valence-electron chi connectivity index (χ3n) is 4.36. The van der Waals surface area contributed by atoms with Crippen LogP contribution in [0.5, 0.6) is 0 Å². The Morgan fingerprint density at radius 2 is 1.85 bits per heavy atom. The maximum Gasteiger partial charge on any atom is 0.222 e. The number of carbonyl (C=O) groups is 1. The predicted octanol–water partition coefficient (Wildman–Crippen LogP) is 3.35. The van der Waals surface area contributed by atoms with Crippen molar-refractivity contribution in [2.75, 3.05) is 0 Å². The van der Waals surface area contributed by atoms with Crippen LogP contribution < -0.4 is 5.32 Å². The molecule has 0 aliphatic rings. The highest BCUT2D eigenvalue weighted by atomic mass is 35.5. The van der Waals surface area contributed by atoms with Gasteiger partial charge in [0.25, 0.3) is 0 Å². The van der Waals surface area contributed by atoms with E-state index in [1.165, 1.54) is 0 Å². The summed E-state index contributed by atoms with van der Waals surface area (Å²) in [5.74, 6) is -0.0273. The van der Waals surface area contributed by atoms with Gasteiger partial charge in [-0.15, -0.1) is 0 Å². The number of amides is 1. The number of hydrogen-bond donors (Lipinski definition) is 1. The molecule has 0 aliphatic heterocycles. The second kappa shape index (κ2) is 7.74. The number of benzene rings is 1. The lowest BCUT2D eigenvalue weighted by Gasteiger charge is -2.07. The zero-order chi connectivity index (χ0) is 18.7. The predicted molar refractivity (Wildman–Crippen MR) is 101 cm³/mol. The Kier molecular flexibility index (Phi) is 5.42. The number of aryl methyl sites for hydroxylation is 3. The monoisotopic (exact) mass is 371 g/mol. The Hall–Kier alpha value is -2.60. The Morgan fingerprint density at radius 3 is 2.50 bits per heavy atom. The van der Waals surface area contributed by atoms with E-state index in [4.69, 9.17) is 11.6 Å². The zero-order valence-electron chi connectivity index (χ0n) is 15.2. The average molecular weight is 372 g/mol. The summed E-state index contributed by atoms with van der Waals surface area (Å²) in [4.78, 5) is 12.2. The summed E-state index contributed by atoms with van der Waals surface area (Å²) in [5, 5.41) is 12.4. The first-order valence-corrected chi connectivity index (χ1v) is 8.90. The molecular weight excluding hydrogens is 350 g/mol. The fourth-order valence-corrected chi connectivity index (χ4v) is 3.00. The van der Waals surface area contributed by atoms with Crippen LogP contribution in [0.2, 0.25) is 5.02 Å². The summed E-state index contributed by atoms with van der Waals surface area (Å²) >= 11 is 5.98. The van der Waals surface area contributed by atoms with Crippen molar-refractivity contribution in [1.82, 2.24) is 24.9 Å². The van der Waals surface area contributed by atoms with Crippen LogP contribution in [0.25, 0.3) is 5.69 Å². The van der Waals surface area contributed by atoms with E-state index in [1.807, 2.05) is 55.8 Å². The first-order valence-electron chi connectivity index (χ1n) is 8.52. The van der Waals surface area contributed by atoms with Crippen LogP contribution in [0.3, 0.4) is 0 Å². The lowest BCUT2D eigenvalue weighted by atomic mass is 10.2. The lowest BCUT2D eigenvalue weighted by Crippen LogP contribution is -2.24. The summed E-state index contributed by atoms with van der Waals surface area (Å²) in [6.07, 6.45) is 2.09. The number of para-hydroxylation sites is 1. The molecule has 0 fully saturated rings. The molecule has 0 radical (unpaired) electrons. The molecule has 0 spiro atoms. The SMILES string of the molecule is Cc1nn(CCC(=O)NCc2c(C)nn(-c3ccccc3)c2C)cc1Cl. The largest absolute Gasteiger partial charge is 0.352 e. The van der Waals surface area contributed by atoms with Crippen LogP contribution in [0.4, 0.5) is 0 Å². The zero-order valence-corrected chi connectivity index (χ0v) is 15.9. The van der Waals surface area contributed by atoms with Gasteiger partial charge in [0.2, 0.25) is 5.91 Å². The Bertz CT molecular complexity index is 894. The molecule has 2 heterocycles. The van der Waals surface area contributed by atoms with Crippen molar-refractivity contribution < 1.29 is 4.79 Å². The third kappa shape index (κ3) is 3.96. The second-order valence-electron chi connectivity index (χ2n) is 6.25. The van der Waals surface area contributed by atoms with Gasteiger partial charge in [-0.2, -0.15) is 10.2 Å². The molecule has 1 N–H and O–H groups in total. The Morgan fingerprint density at radius 1 is 1.12 bits per heavy atom. The number of hydrogen-bond acceptors (Lipinski definition) is 3. The minimum absolute atomic E-state index is 0.0273. The van der Waals surface area contributed by atoms with Crippen LogP contribution in [0, 0.1) is 20.8 Å². The molecule has 26 heavy (non-hydrogen) atoms. The fraction of sp³-hybridized carbons (Fsp3) is 0.316. The number of nitrogens with one attached hydrogen (secondary N) is 1. The van der Waals surface area contributed by atoms with Crippen molar-refractivity contribution in [1.29, 1.82) is 0 Å². The Labute approximate surface area is 157 Å². The highest BCUT2D eigenvalue weighted by molar-refractivity contribution is 6.31. The molecule has 7 heteroatoms. The molecule has 3 rings (SSSR count). The van der Waals surface area contributed by atoms with E-state index in [9.17, 15) is 4.79 Å². The van der Waals surface area contributed by atoms with E-state index in [0.717, 1.165) is 28.3 Å². The molecule has 0 aliphatic carbocycles. The van der Waals surface area contributed by atoms with Crippen LogP contribution in [-0.4, -0.2) is 25.5 Å². The van der Waals surface area contributed by atoms with Crippen LogP contribution in [0.1, 0.15) is 29.1 Å². The summed E-state index contributed by atoms with van der Waals surface area (Å²) in [6, 6.07) is 9.97. The molecule has 0 bridgehead atoms. The average Bonchev–Trinajstić information content (AvgIpc) is 3.10. The molecule has 1 aromatic carbocycles. The van der Waals surface area contributed by atoms with Gasteiger partial charge in [-0.25, -0.2) is 4.68 Å². The smallest absolute Gasteiger partial charge is 0.222 e. The number of rotatable bonds is 6. The third-order valence-corrected chi connectivity index (χ3v) is 4.73. The highest BCUT2D eigenvalue weighted by Gasteiger charge is 2.13. The molecule has 0 saturated heterocycles. The van der Waals surface area contributed by atoms with Crippen molar-refractivity contribution in [3.63, 3.8) is 0 Å². The van der Waals surface area contributed by atoms with Gasteiger partial charge in [0, 0.05) is 37.0 Å². The van der Waals surface area contributed by atoms with E-state index < -0.39 is 0 Å². The van der Waals surface area contributed by atoms with Crippen LogP contribution in [0.15, 0.2) is 36.5 Å². The maximum atomic E-state index is 12.2. The van der Waals surface area contributed by atoms with E-state index in [-0.39, 0.29) is 5.91 Å². The standard InChI is InChI=1S/C19H22ClN5O/c1-13-17(15(3)25(23-13)16-7-5-4-6-8-16)11-21-19(26)9-10-24-12-18(20)14(2)22-24/h4-8,12H,9-11H2,1-3H3,(H,21,26). The summed E-state index contributed by atoms with van der Waals surface area (Å²) in [5.41, 5.74) is 4.77. The van der Waals surface area contributed by atoms with Crippen molar-refractivity contribution in [3.05, 3.63) is 64.2 Å². The normalized spacial score (nSPS) is 10.9. The van der Waals surface area contributed by atoms with Gasteiger partial charge >= 0.3 is 0 Å². The summed E-state index contributed by atoms with van der Waals surface area (Å²) in [6.45, 7) is 6.78. The molecule has 136 valence electrons. The molecule has 0 unspecified atom stereocenters. The maximum absolute atomic E-state index is 12.2. The van der Waals surface area contributed by atoms with Crippen molar-refractivity contribution in [3.8, 4) is 5.69 Å². The van der Waals surface area contributed by atoms with Gasteiger partial charge in [-0.1, -0.05) is 29.8 Å². The molecular formula is C19H22ClN5O. The van der Waals surface area contributed by atoms with Crippen LogP contribution in [-0.2, 0) is 17.9 Å². The van der Waals surface area contributed by atoms with Crippen molar-refractivity contribution in [2.24, 2.45) is 0 Å². The fourth-order valence-electron chi connectivity index (χ4n) is 2.85. The molecule has 3 aromatic rings. The van der Waals surface area contributed by atoms with E-state index in [0.29, 0.717) is 24.5 Å². The summed E-state index contributed by atoms with van der Waals surface area (Å²) < 4.78 is 3.60. The first kappa shape index (κ1) is 18.2. The van der Waals surface area contributed by atoms with Gasteiger partial charge in [0.1, 0.15) is 0 Å². The van der Waals surface area contributed by atoms with E-state index in [1.54, 1.807) is 10.9 Å². The van der Waals surface area contributed by atoms with E-state index in [2.05, 4.69) is 15.5 Å². The minimum atomic E-state index is -0.0273. The number of aromatic nitrogens is 4. The second-order valence-corrected chi connectivity index (χ2v) is 6.66. The van der Waals surface area contributed by atoms with Gasteiger partial charge in [-0.05, 0) is 32.9 Å². The lowest BCUT2D eigenvalue weighted by molar-refractivity contribution is -0.121. The van der Waals surface area contributed by atoms with Crippen molar-refractivity contribution >= 4 is 17.5 Å². The first-order chi connectivity index (χ1) is 12.5. The molecule has 6 nitrogen and oxygen atoms in total. The van der Waals surface area contributed by atoms with Gasteiger partial charge in [-0.3, -0.25) is 9.48 Å².